The molecule has 29 heavy (non-hydrogen) atoms. The maximum atomic E-state index is 13.3. The molecule has 6 nitrogen and oxygen atoms in total. The first kappa shape index (κ1) is 21.7. The molecule has 1 aliphatic carbocycles. The van der Waals surface area contributed by atoms with Crippen LogP contribution in [0.1, 0.15) is 39.5 Å². The van der Waals surface area contributed by atoms with Crippen LogP contribution in [0.2, 0.25) is 0 Å². The summed E-state index contributed by atoms with van der Waals surface area (Å²) in [5, 5.41) is 12.8. The minimum atomic E-state index is -1.09. The van der Waals surface area contributed by atoms with E-state index in [-0.39, 0.29) is 36.0 Å². The van der Waals surface area contributed by atoms with Crippen LogP contribution in [0.5, 0.6) is 0 Å². The predicted octanol–water partition coefficient (Wildman–Crippen LogP) is 3.40. The van der Waals surface area contributed by atoms with Crippen molar-refractivity contribution in [3.05, 3.63) is 24.3 Å². The van der Waals surface area contributed by atoms with Crippen LogP contribution in [0.15, 0.2) is 29.2 Å². The number of rotatable bonds is 8. The van der Waals surface area contributed by atoms with Gasteiger partial charge in [-0.05, 0) is 43.7 Å². The Morgan fingerprint density at radius 2 is 2.07 bits per heavy atom. The Bertz CT molecular complexity index is 799. The summed E-state index contributed by atoms with van der Waals surface area (Å²) in [5.74, 6) is -1.02. The third kappa shape index (κ3) is 4.15. The Morgan fingerprint density at radius 1 is 1.34 bits per heavy atom. The van der Waals surface area contributed by atoms with Crippen LogP contribution in [-0.4, -0.2) is 42.2 Å². The number of carboxylic acids is 1. The van der Waals surface area contributed by atoms with E-state index in [1.165, 1.54) is 0 Å². The van der Waals surface area contributed by atoms with Crippen LogP contribution in [0.3, 0.4) is 0 Å². The lowest BCUT2D eigenvalue weighted by molar-refractivity contribution is -0.154. The van der Waals surface area contributed by atoms with Gasteiger partial charge in [0.05, 0.1) is 11.1 Å². The van der Waals surface area contributed by atoms with Crippen molar-refractivity contribution in [3.63, 3.8) is 0 Å². The number of aliphatic carboxylic acids is 1. The van der Waals surface area contributed by atoms with Gasteiger partial charge in [0, 0.05) is 36.6 Å². The van der Waals surface area contributed by atoms with E-state index < -0.39 is 11.4 Å². The zero-order valence-corrected chi connectivity index (χ0v) is 18.1. The Labute approximate surface area is 176 Å². The fraction of sp³-hybridized carbons (Fsp3) is 0.591. The maximum Gasteiger partial charge on any atom is 0.309 e. The van der Waals surface area contributed by atoms with E-state index >= 15 is 0 Å². The number of carboxylic acid groups (broad SMARTS) is 1. The van der Waals surface area contributed by atoms with Crippen molar-refractivity contribution in [2.75, 3.05) is 24.2 Å². The minimum absolute atomic E-state index is 0.0270. The summed E-state index contributed by atoms with van der Waals surface area (Å²) >= 11 is 1.74. The van der Waals surface area contributed by atoms with Crippen molar-refractivity contribution in [2.24, 2.45) is 23.2 Å². The standard InChI is InChI=1S/C22H30N2O4S/c1-4-7-14(22(2,21(27)28)16-13-15(16)20(26)23-3)12-19(25)24-10-11-29-18-9-6-5-8-17(18)24/h5-6,8-9,14-16H,4,7,10-13H2,1-3H3,(H,23,26)(H,27,28)/t14?,15-,16?,22+/m0/s1. The molecule has 2 N–H and O–H groups in total. The molecule has 2 aliphatic rings. The second kappa shape index (κ2) is 8.78. The minimum Gasteiger partial charge on any atom is -0.481 e. The van der Waals surface area contributed by atoms with Crippen molar-refractivity contribution in [3.8, 4) is 0 Å². The van der Waals surface area contributed by atoms with Gasteiger partial charge in [-0.25, -0.2) is 0 Å². The van der Waals surface area contributed by atoms with Crippen molar-refractivity contribution < 1.29 is 19.5 Å². The average molecular weight is 419 g/mol. The lowest BCUT2D eigenvalue weighted by Crippen LogP contribution is -2.44. The first-order chi connectivity index (χ1) is 13.8. The summed E-state index contributed by atoms with van der Waals surface area (Å²) < 4.78 is 0. The van der Waals surface area contributed by atoms with E-state index in [2.05, 4.69) is 5.32 Å². The fourth-order valence-electron chi connectivity index (χ4n) is 4.68. The Hall–Kier alpha value is -2.02. The fourth-order valence-corrected chi connectivity index (χ4v) is 5.68. The van der Waals surface area contributed by atoms with Gasteiger partial charge in [0.1, 0.15) is 0 Å². The van der Waals surface area contributed by atoms with Gasteiger partial charge < -0.3 is 15.3 Å². The van der Waals surface area contributed by atoms with Gasteiger partial charge in [-0.3, -0.25) is 14.4 Å². The highest BCUT2D eigenvalue weighted by molar-refractivity contribution is 7.99. The molecule has 1 fully saturated rings. The van der Waals surface area contributed by atoms with Gasteiger partial charge in [-0.15, -0.1) is 11.8 Å². The number of amides is 2. The summed E-state index contributed by atoms with van der Waals surface area (Å²) in [6.07, 6.45) is 2.20. The van der Waals surface area contributed by atoms with E-state index in [0.29, 0.717) is 19.4 Å². The zero-order chi connectivity index (χ0) is 21.2. The molecule has 0 saturated heterocycles. The number of anilines is 1. The second-order valence-electron chi connectivity index (χ2n) is 8.20. The monoisotopic (exact) mass is 418 g/mol. The summed E-state index contributed by atoms with van der Waals surface area (Å²) in [7, 11) is 1.58. The molecule has 3 rings (SSSR count). The highest BCUT2D eigenvalue weighted by Crippen LogP contribution is 2.56. The molecule has 158 valence electrons. The highest BCUT2D eigenvalue weighted by atomic mass is 32.2. The molecule has 0 spiro atoms. The van der Waals surface area contributed by atoms with E-state index in [4.69, 9.17) is 0 Å². The normalized spacial score (nSPS) is 23.5. The highest BCUT2D eigenvalue weighted by Gasteiger charge is 2.60. The molecule has 2 amide bonds. The first-order valence-corrected chi connectivity index (χ1v) is 11.3. The number of para-hydroxylation sites is 1. The molecule has 4 atom stereocenters. The molecule has 1 saturated carbocycles. The molecule has 2 unspecified atom stereocenters. The number of nitrogens with one attached hydrogen (secondary N) is 1. The van der Waals surface area contributed by atoms with E-state index in [1.54, 1.807) is 30.6 Å². The van der Waals surface area contributed by atoms with E-state index in [9.17, 15) is 19.5 Å². The van der Waals surface area contributed by atoms with Crippen molar-refractivity contribution in [2.45, 2.75) is 44.4 Å². The van der Waals surface area contributed by atoms with Gasteiger partial charge >= 0.3 is 5.97 Å². The summed E-state index contributed by atoms with van der Waals surface area (Å²) in [6, 6.07) is 7.86. The Balaban J connectivity index is 1.83. The van der Waals surface area contributed by atoms with Crippen LogP contribution >= 0.6 is 11.8 Å². The lowest BCUT2D eigenvalue weighted by atomic mass is 9.68. The van der Waals surface area contributed by atoms with Gasteiger partial charge in [0.25, 0.3) is 0 Å². The SMILES string of the molecule is CCCC(CC(=O)N1CCSc2ccccc21)[C@@](C)(C(=O)O)C1C[C@@H]1C(=O)NC. The van der Waals surface area contributed by atoms with Crippen molar-refractivity contribution in [1.29, 1.82) is 0 Å². The maximum absolute atomic E-state index is 13.3. The number of thioether (sulfide) groups is 1. The van der Waals surface area contributed by atoms with Crippen LogP contribution < -0.4 is 10.2 Å². The molecule has 0 bridgehead atoms. The predicted molar refractivity (Wildman–Crippen MR) is 114 cm³/mol. The van der Waals surface area contributed by atoms with Crippen LogP contribution in [0.25, 0.3) is 0 Å². The number of carbonyl (C=O) groups is 3. The van der Waals surface area contributed by atoms with Crippen LogP contribution in [-0.2, 0) is 14.4 Å². The smallest absolute Gasteiger partial charge is 0.309 e. The van der Waals surface area contributed by atoms with E-state index in [0.717, 1.165) is 22.8 Å². The molecule has 1 heterocycles. The molecule has 7 heteroatoms. The number of fused-ring (bicyclic) bond motifs is 1. The van der Waals surface area contributed by atoms with Gasteiger partial charge in [-0.1, -0.05) is 25.5 Å². The molecule has 1 aromatic rings. The summed E-state index contributed by atoms with van der Waals surface area (Å²) in [4.78, 5) is 40.6. The molecule has 1 aliphatic heterocycles. The third-order valence-electron chi connectivity index (χ3n) is 6.54. The summed E-state index contributed by atoms with van der Waals surface area (Å²) in [5.41, 5.74) is -0.178. The molecular weight excluding hydrogens is 388 g/mol. The number of hydrogen-bond donors (Lipinski definition) is 2. The molecular formula is C22H30N2O4S. The lowest BCUT2D eigenvalue weighted by Gasteiger charge is -2.36. The third-order valence-corrected chi connectivity index (χ3v) is 7.58. The van der Waals surface area contributed by atoms with Crippen molar-refractivity contribution >= 4 is 35.2 Å². The largest absolute Gasteiger partial charge is 0.481 e. The summed E-state index contributed by atoms with van der Waals surface area (Å²) in [6.45, 7) is 4.37. The molecule has 1 aromatic carbocycles. The van der Waals surface area contributed by atoms with Gasteiger partial charge in [0.2, 0.25) is 11.8 Å². The van der Waals surface area contributed by atoms with Gasteiger partial charge in [0.15, 0.2) is 0 Å². The average Bonchev–Trinajstić information content (AvgIpc) is 3.53. The first-order valence-electron chi connectivity index (χ1n) is 10.3. The van der Waals surface area contributed by atoms with Gasteiger partial charge in [-0.2, -0.15) is 0 Å². The molecule has 0 radical (unpaired) electrons. The number of hydrogen-bond acceptors (Lipinski definition) is 4. The number of benzene rings is 1. The number of carbonyl (C=O) groups excluding carboxylic acids is 2. The Kier molecular flexibility index (Phi) is 6.56. The number of nitrogens with zero attached hydrogens (tertiary/aromatic N) is 1. The molecule has 0 aromatic heterocycles. The quantitative estimate of drug-likeness (QED) is 0.676. The topological polar surface area (TPSA) is 86.7 Å². The van der Waals surface area contributed by atoms with Crippen molar-refractivity contribution in [1.82, 2.24) is 5.32 Å². The van der Waals surface area contributed by atoms with Crippen LogP contribution in [0.4, 0.5) is 5.69 Å². The van der Waals surface area contributed by atoms with E-state index in [1.807, 2.05) is 31.2 Å². The van der Waals surface area contributed by atoms with Crippen LogP contribution in [0, 0.1) is 23.2 Å². The zero-order valence-electron chi connectivity index (χ0n) is 17.3. The Morgan fingerprint density at radius 3 is 2.72 bits per heavy atom. The second-order valence-corrected chi connectivity index (χ2v) is 9.34.